The van der Waals surface area contributed by atoms with Crippen molar-refractivity contribution in [2.45, 2.75) is 12.8 Å². The molecule has 1 heterocycles. The molecule has 1 fully saturated rings. The van der Waals surface area contributed by atoms with Gasteiger partial charge in [0.1, 0.15) is 12.4 Å². The van der Waals surface area contributed by atoms with Crippen LogP contribution < -0.4 is 10.2 Å². The fourth-order valence-corrected chi connectivity index (χ4v) is 3.29. The average molecular weight is 368 g/mol. The van der Waals surface area contributed by atoms with Crippen molar-refractivity contribution in [3.63, 3.8) is 0 Å². The van der Waals surface area contributed by atoms with Gasteiger partial charge in [-0.05, 0) is 55.3 Å². The number of piperidine rings is 1. The molecule has 3 rings (SSSR count). The van der Waals surface area contributed by atoms with Crippen LogP contribution in [0.25, 0.3) is 0 Å². The summed E-state index contributed by atoms with van der Waals surface area (Å²) in [6.07, 6.45) is 2.29. The first-order chi connectivity index (χ1) is 12.6. The Kier molecular flexibility index (Phi) is 5.55. The van der Waals surface area contributed by atoms with Gasteiger partial charge in [0.2, 0.25) is 5.91 Å². The van der Waals surface area contributed by atoms with Gasteiger partial charge in [-0.25, -0.2) is 0 Å². The van der Waals surface area contributed by atoms with Crippen LogP contribution in [0, 0.1) is 17.2 Å². The molecule has 0 spiro atoms. The summed E-state index contributed by atoms with van der Waals surface area (Å²) < 4.78 is 0. The Morgan fingerprint density at radius 2 is 1.88 bits per heavy atom. The third-order valence-corrected chi connectivity index (χ3v) is 4.86. The molecular formula is C20H18ClN3O2. The topological polar surface area (TPSA) is 73.2 Å². The van der Waals surface area contributed by atoms with E-state index in [2.05, 4.69) is 16.3 Å². The fourth-order valence-electron chi connectivity index (χ4n) is 3.12. The van der Waals surface area contributed by atoms with Crippen molar-refractivity contribution in [2.24, 2.45) is 5.92 Å². The van der Waals surface area contributed by atoms with Gasteiger partial charge in [-0.15, -0.1) is 0 Å². The lowest BCUT2D eigenvalue weighted by Gasteiger charge is -2.33. The standard InChI is InChI=1S/C20H18ClN3O2/c21-17-3-6-19(16(11-17)12-22)23-20(26)15-7-9-24(10-8-15)18-4-1-14(13-25)2-5-18/h1-6,11,13,15H,7-10H2,(H,23,26). The van der Waals surface area contributed by atoms with Crippen molar-refractivity contribution in [3.05, 3.63) is 58.6 Å². The lowest BCUT2D eigenvalue weighted by molar-refractivity contribution is -0.120. The van der Waals surface area contributed by atoms with Gasteiger partial charge in [-0.2, -0.15) is 5.26 Å². The molecule has 0 unspecified atom stereocenters. The minimum atomic E-state index is -0.0947. The second kappa shape index (κ2) is 8.03. The van der Waals surface area contributed by atoms with E-state index >= 15 is 0 Å². The summed E-state index contributed by atoms with van der Waals surface area (Å²) >= 11 is 5.89. The van der Waals surface area contributed by atoms with E-state index in [-0.39, 0.29) is 11.8 Å². The Hall–Kier alpha value is -2.84. The zero-order chi connectivity index (χ0) is 18.5. The third-order valence-electron chi connectivity index (χ3n) is 4.62. The monoisotopic (exact) mass is 367 g/mol. The first kappa shape index (κ1) is 18.0. The number of aldehydes is 1. The highest BCUT2D eigenvalue weighted by Crippen LogP contribution is 2.26. The molecule has 6 heteroatoms. The zero-order valence-corrected chi connectivity index (χ0v) is 14.9. The van der Waals surface area contributed by atoms with Crippen LogP contribution >= 0.6 is 11.6 Å². The lowest BCUT2D eigenvalue weighted by Crippen LogP contribution is -2.38. The Balaban J connectivity index is 1.60. The number of halogens is 1. The van der Waals surface area contributed by atoms with E-state index in [1.54, 1.807) is 30.3 Å². The van der Waals surface area contributed by atoms with E-state index in [0.29, 0.717) is 21.8 Å². The molecule has 1 aliphatic heterocycles. The Morgan fingerprint density at radius 3 is 2.50 bits per heavy atom. The molecule has 5 nitrogen and oxygen atoms in total. The number of carbonyl (C=O) groups excluding carboxylic acids is 2. The van der Waals surface area contributed by atoms with Gasteiger partial charge in [0.25, 0.3) is 0 Å². The SMILES string of the molecule is N#Cc1cc(Cl)ccc1NC(=O)C1CCN(c2ccc(C=O)cc2)CC1. The summed E-state index contributed by atoms with van der Waals surface area (Å²) in [6, 6.07) is 14.4. The molecule has 0 aromatic heterocycles. The average Bonchev–Trinajstić information content (AvgIpc) is 2.69. The number of amides is 1. The van der Waals surface area contributed by atoms with E-state index in [1.807, 2.05) is 12.1 Å². The zero-order valence-electron chi connectivity index (χ0n) is 14.1. The summed E-state index contributed by atoms with van der Waals surface area (Å²) in [6.45, 7) is 1.54. The van der Waals surface area contributed by atoms with E-state index in [9.17, 15) is 14.9 Å². The Bertz CT molecular complexity index is 850. The highest BCUT2D eigenvalue weighted by atomic mass is 35.5. The molecule has 0 radical (unpaired) electrons. The number of hydrogen-bond acceptors (Lipinski definition) is 4. The molecule has 2 aromatic carbocycles. The summed E-state index contributed by atoms with van der Waals surface area (Å²) in [7, 11) is 0. The number of hydrogen-bond donors (Lipinski definition) is 1. The molecule has 1 saturated heterocycles. The molecule has 0 atom stereocenters. The predicted octanol–water partition coefficient (Wildman–Crippen LogP) is 3.88. The second-order valence-electron chi connectivity index (χ2n) is 6.26. The van der Waals surface area contributed by atoms with E-state index < -0.39 is 0 Å². The predicted molar refractivity (Wildman–Crippen MR) is 102 cm³/mol. The van der Waals surface area contributed by atoms with Crippen LogP contribution in [0.2, 0.25) is 5.02 Å². The van der Waals surface area contributed by atoms with Gasteiger partial charge in [0.05, 0.1) is 11.3 Å². The van der Waals surface area contributed by atoms with Gasteiger partial charge in [0.15, 0.2) is 0 Å². The maximum atomic E-state index is 12.5. The maximum absolute atomic E-state index is 12.5. The normalized spacial score (nSPS) is 14.5. The lowest BCUT2D eigenvalue weighted by atomic mass is 9.95. The van der Waals surface area contributed by atoms with Crippen LogP contribution in [-0.2, 0) is 4.79 Å². The highest BCUT2D eigenvalue weighted by molar-refractivity contribution is 6.30. The number of benzene rings is 2. The smallest absolute Gasteiger partial charge is 0.227 e. The van der Waals surface area contributed by atoms with Gasteiger partial charge < -0.3 is 10.2 Å². The Labute approximate surface area is 157 Å². The summed E-state index contributed by atoms with van der Waals surface area (Å²) in [4.78, 5) is 25.5. The van der Waals surface area contributed by atoms with Crippen molar-refractivity contribution in [2.75, 3.05) is 23.3 Å². The van der Waals surface area contributed by atoms with Crippen molar-refractivity contribution >= 4 is 35.2 Å². The second-order valence-corrected chi connectivity index (χ2v) is 6.70. The Morgan fingerprint density at radius 1 is 1.19 bits per heavy atom. The van der Waals surface area contributed by atoms with Crippen LogP contribution in [-0.4, -0.2) is 25.3 Å². The van der Waals surface area contributed by atoms with Gasteiger partial charge >= 0.3 is 0 Å². The van der Waals surface area contributed by atoms with Crippen LogP contribution in [0.3, 0.4) is 0 Å². The van der Waals surface area contributed by atoms with E-state index in [4.69, 9.17) is 11.6 Å². The van der Waals surface area contributed by atoms with Gasteiger partial charge in [-0.1, -0.05) is 11.6 Å². The summed E-state index contributed by atoms with van der Waals surface area (Å²) in [5.41, 5.74) is 2.56. The fraction of sp³-hybridized carbons (Fsp3) is 0.250. The van der Waals surface area contributed by atoms with Gasteiger partial charge in [-0.3, -0.25) is 9.59 Å². The highest BCUT2D eigenvalue weighted by Gasteiger charge is 2.25. The van der Waals surface area contributed by atoms with Crippen LogP contribution in [0.5, 0.6) is 0 Å². The molecule has 0 bridgehead atoms. The number of anilines is 2. The van der Waals surface area contributed by atoms with Crippen molar-refractivity contribution < 1.29 is 9.59 Å². The van der Waals surface area contributed by atoms with Crippen molar-refractivity contribution in [1.29, 1.82) is 5.26 Å². The molecule has 2 aromatic rings. The molecule has 1 amide bonds. The van der Waals surface area contributed by atoms with Crippen molar-refractivity contribution in [3.8, 4) is 6.07 Å². The number of rotatable bonds is 4. The van der Waals surface area contributed by atoms with Crippen LogP contribution in [0.15, 0.2) is 42.5 Å². The first-order valence-electron chi connectivity index (χ1n) is 8.41. The third kappa shape index (κ3) is 4.04. The van der Waals surface area contributed by atoms with Crippen LogP contribution in [0.1, 0.15) is 28.8 Å². The molecule has 132 valence electrons. The summed E-state index contributed by atoms with van der Waals surface area (Å²) in [5, 5.41) is 12.5. The minimum Gasteiger partial charge on any atom is -0.371 e. The first-order valence-corrected chi connectivity index (χ1v) is 8.79. The minimum absolute atomic E-state index is 0.0697. The van der Waals surface area contributed by atoms with E-state index in [1.165, 1.54) is 0 Å². The van der Waals surface area contributed by atoms with E-state index in [0.717, 1.165) is 37.9 Å². The van der Waals surface area contributed by atoms with Crippen molar-refractivity contribution in [1.82, 2.24) is 0 Å². The largest absolute Gasteiger partial charge is 0.371 e. The molecule has 0 aliphatic carbocycles. The molecule has 1 N–H and O–H groups in total. The number of nitriles is 1. The number of nitrogens with one attached hydrogen (secondary N) is 1. The molecule has 26 heavy (non-hydrogen) atoms. The molecule has 0 saturated carbocycles. The van der Waals surface area contributed by atoms with Crippen LogP contribution in [0.4, 0.5) is 11.4 Å². The number of carbonyl (C=O) groups is 2. The number of nitrogens with zero attached hydrogens (tertiary/aromatic N) is 2. The quantitative estimate of drug-likeness (QED) is 0.832. The van der Waals surface area contributed by atoms with Gasteiger partial charge in [0, 0.05) is 35.3 Å². The maximum Gasteiger partial charge on any atom is 0.227 e. The molecule has 1 aliphatic rings. The molecular weight excluding hydrogens is 350 g/mol. The summed E-state index contributed by atoms with van der Waals surface area (Å²) in [5.74, 6) is -0.164.